The first-order valence-electron chi connectivity index (χ1n) is 8.57. The van der Waals surface area contributed by atoms with Crippen LogP contribution in [-0.4, -0.2) is 22.9 Å². The summed E-state index contributed by atoms with van der Waals surface area (Å²) in [6.07, 6.45) is 4.26. The van der Waals surface area contributed by atoms with Gasteiger partial charge in [0.2, 0.25) is 5.91 Å². The molecule has 1 aromatic heterocycles. The summed E-state index contributed by atoms with van der Waals surface area (Å²) in [4.78, 5) is 37.2. The minimum atomic E-state index is -0.998. The second-order valence-electron chi connectivity index (χ2n) is 6.45. The van der Waals surface area contributed by atoms with Crippen LogP contribution in [-0.2, 0) is 9.59 Å². The summed E-state index contributed by atoms with van der Waals surface area (Å²) in [6, 6.07) is 9.35. The van der Waals surface area contributed by atoms with Crippen LogP contribution >= 0.6 is 11.3 Å². The lowest BCUT2D eigenvalue weighted by atomic mass is 9.82. The Balaban J connectivity index is 1.96. The van der Waals surface area contributed by atoms with Crippen LogP contribution in [0.25, 0.3) is 11.1 Å². The van der Waals surface area contributed by atoms with E-state index in [4.69, 9.17) is 5.73 Å². The van der Waals surface area contributed by atoms with Crippen molar-refractivity contribution in [2.24, 2.45) is 17.6 Å². The highest BCUT2D eigenvalue weighted by atomic mass is 32.1. The first-order valence-corrected chi connectivity index (χ1v) is 9.39. The summed E-state index contributed by atoms with van der Waals surface area (Å²) in [5.74, 6) is -3.50. The molecule has 1 aliphatic carbocycles. The second-order valence-corrected chi connectivity index (χ2v) is 7.68. The Morgan fingerprint density at radius 3 is 2.33 bits per heavy atom. The van der Waals surface area contributed by atoms with Gasteiger partial charge < -0.3 is 16.2 Å². The van der Waals surface area contributed by atoms with Gasteiger partial charge in [-0.1, -0.05) is 42.5 Å². The van der Waals surface area contributed by atoms with Crippen molar-refractivity contribution in [3.05, 3.63) is 52.9 Å². The predicted octanol–water partition coefficient (Wildman–Crippen LogP) is 3.43. The number of carbonyl (C=O) groups excluding carboxylic acids is 2. The van der Waals surface area contributed by atoms with Crippen LogP contribution in [0.5, 0.6) is 0 Å². The third-order valence-electron chi connectivity index (χ3n) is 4.72. The quantitative estimate of drug-likeness (QED) is 0.686. The topological polar surface area (TPSA) is 109 Å². The Morgan fingerprint density at radius 2 is 1.74 bits per heavy atom. The first-order chi connectivity index (χ1) is 12.9. The van der Waals surface area contributed by atoms with E-state index >= 15 is 0 Å². The van der Waals surface area contributed by atoms with E-state index in [1.165, 1.54) is 11.3 Å². The Hall–Kier alpha value is -2.93. The minimum absolute atomic E-state index is 0.260. The van der Waals surface area contributed by atoms with E-state index in [9.17, 15) is 19.5 Å². The van der Waals surface area contributed by atoms with Gasteiger partial charge in [0.25, 0.3) is 5.91 Å². The molecule has 0 saturated heterocycles. The largest absolute Gasteiger partial charge is 0.481 e. The normalized spacial score (nSPS) is 18.9. The van der Waals surface area contributed by atoms with Gasteiger partial charge in [0.1, 0.15) is 5.00 Å². The molecule has 4 N–H and O–H groups in total. The number of anilines is 1. The summed E-state index contributed by atoms with van der Waals surface area (Å²) in [5, 5.41) is 12.5. The van der Waals surface area contributed by atoms with Crippen LogP contribution in [0.4, 0.5) is 5.00 Å². The molecule has 1 heterocycles. The Kier molecular flexibility index (Phi) is 5.41. The van der Waals surface area contributed by atoms with E-state index < -0.39 is 29.6 Å². The Morgan fingerprint density at radius 1 is 1.11 bits per heavy atom. The maximum absolute atomic E-state index is 12.8. The van der Waals surface area contributed by atoms with E-state index in [2.05, 4.69) is 5.32 Å². The molecule has 7 heteroatoms. The molecule has 6 nitrogen and oxygen atoms in total. The molecule has 2 aromatic rings. The highest BCUT2D eigenvalue weighted by Gasteiger charge is 2.35. The Labute approximate surface area is 160 Å². The van der Waals surface area contributed by atoms with E-state index in [0.29, 0.717) is 23.4 Å². The number of aliphatic carboxylic acids is 1. The van der Waals surface area contributed by atoms with Crippen molar-refractivity contribution < 1.29 is 19.5 Å². The van der Waals surface area contributed by atoms with Crippen molar-refractivity contribution in [3.63, 3.8) is 0 Å². The smallest absolute Gasteiger partial charge is 0.307 e. The van der Waals surface area contributed by atoms with Gasteiger partial charge in [-0.25, -0.2) is 0 Å². The molecule has 0 fully saturated rings. The molecule has 2 amide bonds. The number of benzene rings is 1. The fourth-order valence-corrected chi connectivity index (χ4v) is 4.49. The number of primary amides is 1. The fraction of sp³-hybridized carbons (Fsp3) is 0.250. The fourth-order valence-electron chi connectivity index (χ4n) is 3.40. The predicted molar refractivity (Wildman–Crippen MR) is 105 cm³/mol. The molecule has 0 aliphatic heterocycles. The molecule has 140 valence electrons. The van der Waals surface area contributed by atoms with Crippen LogP contribution in [0, 0.1) is 18.8 Å². The molecular weight excluding hydrogens is 364 g/mol. The van der Waals surface area contributed by atoms with Gasteiger partial charge in [0, 0.05) is 10.4 Å². The SMILES string of the molecule is Cc1sc(NC(=O)[C@@H]2CC=CC[C@@H]2C(=O)O)c(C(N)=O)c1-c1ccccc1. The summed E-state index contributed by atoms with van der Waals surface area (Å²) in [7, 11) is 0. The number of amides is 2. The van der Waals surface area contributed by atoms with Gasteiger partial charge >= 0.3 is 5.97 Å². The second kappa shape index (κ2) is 7.75. The zero-order chi connectivity index (χ0) is 19.6. The maximum atomic E-state index is 12.8. The summed E-state index contributed by atoms with van der Waals surface area (Å²) in [5.41, 5.74) is 7.40. The molecule has 1 aromatic carbocycles. The monoisotopic (exact) mass is 384 g/mol. The molecule has 27 heavy (non-hydrogen) atoms. The molecule has 0 saturated carbocycles. The first kappa shape index (κ1) is 18.8. The lowest BCUT2D eigenvalue weighted by Crippen LogP contribution is -2.35. The number of carbonyl (C=O) groups is 3. The minimum Gasteiger partial charge on any atom is -0.481 e. The molecule has 3 rings (SSSR count). The zero-order valence-corrected chi connectivity index (χ0v) is 15.6. The number of carboxylic acids is 1. The van der Waals surface area contributed by atoms with Gasteiger partial charge in [0.05, 0.1) is 17.4 Å². The number of hydrogen-bond acceptors (Lipinski definition) is 4. The molecule has 0 radical (unpaired) electrons. The Bertz CT molecular complexity index is 918. The van der Waals surface area contributed by atoms with Crippen molar-refractivity contribution in [1.29, 1.82) is 0 Å². The molecule has 2 atom stereocenters. The van der Waals surface area contributed by atoms with Crippen LogP contribution in [0.15, 0.2) is 42.5 Å². The van der Waals surface area contributed by atoms with Crippen LogP contribution in [0.1, 0.15) is 28.1 Å². The van der Waals surface area contributed by atoms with Gasteiger partial charge in [-0.2, -0.15) is 0 Å². The third-order valence-corrected chi connectivity index (χ3v) is 5.74. The number of rotatable bonds is 5. The summed E-state index contributed by atoms with van der Waals surface area (Å²) < 4.78 is 0. The average Bonchev–Trinajstić information content (AvgIpc) is 2.98. The molecule has 0 bridgehead atoms. The van der Waals surface area contributed by atoms with E-state index in [0.717, 1.165) is 10.4 Å². The van der Waals surface area contributed by atoms with Crippen molar-refractivity contribution in [2.75, 3.05) is 5.32 Å². The lowest BCUT2D eigenvalue weighted by Gasteiger charge is -2.24. The van der Waals surface area contributed by atoms with E-state index in [-0.39, 0.29) is 5.56 Å². The van der Waals surface area contributed by atoms with Gasteiger partial charge in [-0.15, -0.1) is 11.3 Å². The molecule has 1 aliphatic rings. The number of thiophene rings is 1. The number of nitrogens with two attached hydrogens (primary N) is 1. The van der Waals surface area contributed by atoms with Crippen molar-refractivity contribution in [2.45, 2.75) is 19.8 Å². The average molecular weight is 384 g/mol. The number of hydrogen-bond donors (Lipinski definition) is 3. The van der Waals surface area contributed by atoms with Crippen molar-refractivity contribution in [3.8, 4) is 11.1 Å². The van der Waals surface area contributed by atoms with Gasteiger partial charge in [-0.3, -0.25) is 14.4 Å². The number of aryl methyl sites for hydroxylation is 1. The van der Waals surface area contributed by atoms with Crippen LogP contribution in [0.2, 0.25) is 0 Å². The third kappa shape index (κ3) is 3.78. The lowest BCUT2D eigenvalue weighted by molar-refractivity contribution is -0.146. The van der Waals surface area contributed by atoms with E-state index in [1.54, 1.807) is 6.08 Å². The molecular formula is C20H20N2O4S. The van der Waals surface area contributed by atoms with E-state index in [1.807, 2.05) is 43.3 Å². The number of nitrogens with one attached hydrogen (secondary N) is 1. The molecule has 0 spiro atoms. The highest BCUT2D eigenvalue weighted by Crippen LogP contribution is 2.40. The van der Waals surface area contributed by atoms with Crippen LogP contribution < -0.4 is 11.1 Å². The van der Waals surface area contributed by atoms with Gasteiger partial charge in [0.15, 0.2) is 0 Å². The highest BCUT2D eigenvalue weighted by molar-refractivity contribution is 7.17. The van der Waals surface area contributed by atoms with Gasteiger partial charge in [-0.05, 0) is 25.3 Å². The molecule has 0 unspecified atom stereocenters. The van der Waals surface area contributed by atoms with Crippen molar-refractivity contribution >= 4 is 34.1 Å². The van der Waals surface area contributed by atoms with Crippen molar-refractivity contribution in [1.82, 2.24) is 0 Å². The number of allylic oxidation sites excluding steroid dienone is 2. The maximum Gasteiger partial charge on any atom is 0.307 e. The summed E-state index contributed by atoms with van der Waals surface area (Å²) in [6.45, 7) is 1.86. The summed E-state index contributed by atoms with van der Waals surface area (Å²) >= 11 is 1.27. The zero-order valence-electron chi connectivity index (χ0n) is 14.8. The standard InChI is InChI=1S/C20H20N2O4S/c1-11-15(12-7-3-2-4-8-12)16(17(21)23)19(27-11)22-18(24)13-9-5-6-10-14(13)20(25)26/h2-8,13-14H,9-10H2,1H3,(H2,21,23)(H,22,24)(H,25,26)/t13-,14+/m1/s1. The van der Waals surface area contributed by atoms with Crippen LogP contribution in [0.3, 0.4) is 0 Å². The number of carboxylic acid groups (broad SMARTS) is 1.